The average molecular weight is 375 g/mol. The lowest BCUT2D eigenvalue weighted by Gasteiger charge is -2.32. The van der Waals surface area contributed by atoms with Crippen molar-refractivity contribution in [2.24, 2.45) is 0 Å². The molecule has 1 aliphatic heterocycles. The van der Waals surface area contributed by atoms with Gasteiger partial charge in [-0.1, -0.05) is 67.8 Å². The molecule has 1 aromatic heterocycles. The van der Waals surface area contributed by atoms with E-state index in [2.05, 4.69) is 70.7 Å². The van der Waals surface area contributed by atoms with E-state index in [9.17, 15) is 0 Å². The molecule has 0 bridgehead atoms. The van der Waals surface area contributed by atoms with Gasteiger partial charge in [0.05, 0.1) is 0 Å². The first kappa shape index (κ1) is 19.3. The first-order valence-electron chi connectivity index (χ1n) is 11.2. The van der Waals surface area contributed by atoms with E-state index in [1.165, 1.54) is 93.0 Å². The van der Waals surface area contributed by atoms with E-state index >= 15 is 0 Å². The Morgan fingerprint density at radius 2 is 1.50 bits per heavy atom. The molecule has 2 nitrogen and oxygen atoms in total. The zero-order valence-corrected chi connectivity index (χ0v) is 17.1. The van der Waals surface area contributed by atoms with E-state index in [1.54, 1.807) is 0 Å². The Bertz CT molecular complexity index is 828. The maximum absolute atomic E-state index is 3.45. The molecule has 4 rings (SSSR count). The van der Waals surface area contributed by atoms with Crippen molar-refractivity contribution < 1.29 is 0 Å². The normalized spacial score (nSPS) is 16.0. The number of unbranched alkanes of at least 4 members (excludes halogenated alkanes) is 4. The maximum atomic E-state index is 3.45. The Balaban J connectivity index is 1.10. The minimum Gasteiger partial charge on any atom is -0.361 e. The summed E-state index contributed by atoms with van der Waals surface area (Å²) in [6.07, 6.45) is 12.9. The van der Waals surface area contributed by atoms with Crippen LogP contribution >= 0.6 is 0 Å². The van der Waals surface area contributed by atoms with Gasteiger partial charge in [-0.2, -0.15) is 0 Å². The standard InChI is InChI=1S/C26H34N2/c1(2-5-11-22-12-6-4-7-13-22)3-10-18-28-19-16-23(17-20-28)25-21-27-26-15-9-8-14-24(25)26/h4,6-9,12-15,21,23,27H,1-3,5,10-11,16-20H2. The van der Waals surface area contributed by atoms with Gasteiger partial charge in [0.25, 0.3) is 0 Å². The number of rotatable bonds is 9. The number of likely N-dealkylation sites (tertiary alicyclic amines) is 1. The van der Waals surface area contributed by atoms with Crippen LogP contribution in [0.3, 0.4) is 0 Å². The van der Waals surface area contributed by atoms with Gasteiger partial charge in [0.1, 0.15) is 0 Å². The molecule has 28 heavy (non-hydrogen) atoms. The van der Waals surface area contributed by atoms with Crippen molar-refractivity contribution in [1.29, 1.82) is 0 Å². The van der Waals surface area contributed by atoms with Crippen molar-refractivity contribution in [3.8, 4) is 0 Å². The molecule has 2 heterocycles. The number of hydrogen-bond donors (Lipinski definition) is 1. The summed E-state index contributed by atoms with van der Waals surface area (Å²) >= 11 is 0. The number of para-hydroxylation sites is 1. The van der Waals surface area contributed by atoms with Crippen molar-refractivity contribution in [2.75, 3.05) is 19.6 Å². The van der Waals surface area contributed by atoms with Gasteiger partial charge in [-0.05, 0) is 74.8 Å². The van der Waals surface area contributed by atoms with Crippen molar-refractivity contribution >= 4 is 10.9 Å². The molecule has 0 atom stereocenters. The van der Waals surface area contributed by atoms with E-state index < -0.39 is 0 Å². The molecule has 1 aliphatic rings. The van der Waals surface area contributed by atoms with Crippen LogP contribution in [0.1, 0.15) is 62.0 Å². The Kier molecular flexibility index (Phi) is 6.83. The fourth-order valence-corrected chi connectivity index (χ4v) is 4.74. The van der Waals surface area contributed by atoms with Crippen LogP contribution in [0, 0.1) is 0 Å². The maximum Gasteiger partial charge on any atom is 0.0456 e. The zero-order chi connectivity index (χ0) is 19.0. The predicted octanol–water partition coefficient (Wildman–Crippen LogP) is 6.54. The van der Waals surface area contributed by atoms with E-state index in [0.29, 0.717) is 0 Å². The number of H-pyrrole nitrogens is 1. The Labute approximate surface area is 170 Å². The van der Waals surface area contributed by atoms with Crippen molar-refractivity contribution in [3.05, 3.63) is 71.9 Å². The molecule has 0 amide bonds. The number of nitrogens with zero attached hydrogens (tertiary/aromatic N) is 1. The van der Waals surface area contributed by atoms with Gasteiger partial charge < -0.3 is 9.88 Å². The molecule has 1 fully saturated rings. The van der Waals surface area contributed by atoms with Gasteiger partial charge in [0, 0.05) is 17.1 Å². The predicted molar refractivity (Wildman–Crippen MR) is 120 cm³/mol. The third-order valence-corrected chi connectivity index (χ3v) is 6.43. The van der Waals surface area contributed by atoms with Crippen LogP contribution in [-0.4, -0.2) is 29.5 Å². The Morgan fingerprint density at radius 1 is 0.786 bits per heavy atom. The molecule has 3 aromatic rings. The van der Waals surface area contributed by atoms with Crippen LogP contribution in [0.2, 0.25) is 0 Å². The first-order valence-corrected chi connectivity index (χ1v) is 11.2. The molecule has 0 saturated carbocycles. The van der Waals surface area contributed by atoms with Gasteiger partial charge in [0.15, 0.2) is 0 Å². The summed E-state index contributed by atoms with van der Waals surface area (Å²) in [7, 11) is 0. The number of aryl methyl sites for hydroxylation is 1. The summed E-state index contributed by atoms with van der Waals surface area (Å²) in [6, 6.07) is 19.6. The van der Waals surface area contributed by atoms with Crippen LogP contribution in [0.4, 0.5) is 0 Å². The molecule has 1 saturated heterocycles. The van der Waals surface area contributed by atoms with Gasteiger partial charge in [-0.25, -0.2) is 0 Å². The SMILES string of the molecule is c1ccc(CCCCCCCN2CCC(c3c[nH]c4ccccc34)CC2)cc1. The Morgan fingerprint density at radius 3 is 2.36 bits per heavy atom. The first-order chi connectivity index (χ1) is 13.9. The lowest BCUT2D eigenvalue weighted by molar-refractivity contribution is 0.208. The van der Waals surface area contributed by atoms with Crippen LogP contribution < -0.4 is 0 Å². The van der Waals surface area contributed by atoms with Crippen molar-refractivity contribution in [1.82, 2.24) is 9.88 Å². The van der Waals surface area contributed by atoms with Crippen LogP contribution in [0.25, 0.3) is 10.9 Å². The summed E-state index contributed by atoms with van der Waals surface area (Å²) in [6.45, 7) is 3.82. The van der Waals surface area contributed by atoms with E-state index in [1.807, 2.05) is 0 Å². The summed E-state index contributed by atoms with van der Waals surface area (Å²) in [5.41, 5.74) is 4.31. The summed E-state index contributed by atoms with van der Waals surface area (Å²) in [4.78, 5) is 6.14. The lowest BCUT2D eigenvalue weighted by atomic mass is 9.89. The number of fused-ring (bicyclic) bond motifs is 1. The number of hydrogen-bond acceptors (Lipinski definition) is 1. The molecule has 0 aliphatic carbocycles. The molecular weight excluding hydrogens is 340 g/mol. The minimum atomic E-state index is 0.727. The van der Waals surface area contributed by atoms with Crippen LogP contribution in [0.15, 0.2) is 60.8 Å². The molecule has 1 N–H and O–H groups in total. The third kappa shape index (κ3) is 5.05. The average Bonchev–Trinajstić information content (AvgIpc) is 3.18. The summed E-state index contributed by atoms with van der Waals surface area (Å²) in [5.74, 6) is 0.727. The highest BCUT2D eigenvalue weighted by Gasteiger charge is 2.22. The number of nitrogens with one attached hydrogen (secondary N) is 1. The van der Waals surface area contributed by atoms with E-state index in [4.69, 9.17) is 0 Å². The molecule has 0 spiro atoms. The molecule has 148 valence electrons. The number of aromatic amines is 1. The monoisotopic (exact) mass is 374 g/mol. The van der Waals surface area contributed by atoms with E-state index in [0.717, 1.165) is 5.92 Å². The van der Waals surface area contributed by atoms with Gasteiger partial charge >= 0.3 is 0 Å². The highest BCUT2D eigenvalue weighted by atomic mass is 15.1. The summed E-state index contributed by atoms with van der Waals surface area (Å²) < 4.78 is 0. The van der Waals surface area contributed by atoms with Crippen LogP contribution in [-0.2, 0) is 6.42 Å². The summed E-state index contributed by atoms with van der Waals surface area (Å²) in [5, 5.41) is 1.43. The Hall–Kier alpha value is -2.06. The van der Waals surface area contributed by atoms with E-state index in [-0.39, 0.29) is 0 Å². The minimum absolute atomic E-state index is 0.727. The second kappa shape index (κ2) is 9.93. The number of aromatic nitrogens is 1. The fraction of sp³-hybridized carbons (Fsp3) is 0.462. The van der Waals surface area contributed by atoms with Crippen LogP contribution in [0.5, 0.6) is 0 Å². The number of benzene rings is 2. The second-order valence-electron chi connectivity index (χ2n) is 8.41. The molecule has 0 unspecified atom stereocenters. The molecule has 2 aromatic carbocycles. The zero-order valence-electron chi connectivity index (χ0n) is 17.1. The molecular formula is C26H34N2. The third-order valence-electron chi connectivity index (χ3n) is 6.43. The van der Waals surface area contributed by atoms with Gasteiger partial charge in [-0.3, -0.25) is 0 Å². The van der Waals surface area contributed by atoms with Gasteiger partial charge in [-0.15, -0.1) is 0 Å². The fourth-order valence-electron chi connectivity index (χ4n) is 4.74. The van der Waals surface area contributed by atoms with Crippen molar-refractivity contribution in [2.45, 2.75) is 57.3 Å². The molecule has 2 heteroatoms. The highest BCUT2D eigenvalue weighted by Crippen LogP contribution is 2.33. The second-order valence-corrected chi connectivity index (χ2v) is 8.41. The quantitative estimate of drug-likeness (QED) is 0.421. The number of piperidine rings is 1. The molecule has 0 radical (unpaired) electrons. The van der Waals surface area contributed by atoms with Crippen molar-refractivity contribution in [3.63, 3.8) is 0 Å². The smallest absolute Gasteiger partial charge is 0.0456 e. The lowest BCUT2D eigenvalue weighted by Crippen LogP contribution is -2.33. The highest BCUT2D eigenvalue weighted by molar-refractivity contribution is 5.83. The van der Waals surface area contributed by atoms with Gasteiger partial charge in [0.2, 0.25) is 0 Å². The topological polar surface area (TPSA) is 19.0 Å². The largest absolute Gasteiger partial charge is 0.361 e.